The van der Waals surface area contributed by atoms with E-state index < -0.39 is 20.0 Å². The molecule has 1 N–H and O–H groups in total. The first-order valence-electron chi connectivity index (χ1n) is 10.5. The summed E-state index contributed by atoms with van der Waals surface area (Å²) in [6.45, 7) is 3.05. The van der Waals surface area contributed by atoms with E-state index in [2.05, 4.69) is 14.9 Å². The summed E-state index contributed by atoms with van der Waals surface area (Å²) in [6.07, 6.45) is 3.12. The van der Waals surface area contributed by atoms with E-state index in [1.165, 1.54) is 36.7 Å². The molecular weight excluding hydrogens is 466 g/mol. The molecule has 4 rings (SSSR count). The minimum atomic E-state index is -3.60. The summed E-state index contributed by atoms with van der Waals surface area (Å²) in [6, 6.07) is 9.79. The van der Waals surface area contributed by atoms with Gasteiger partial charge in [0, 0.05) is 64.6 Å². The Labute approximate surface area is 193 Å². The van der Waals surface area contributed by atoms with Gasteiger partial charge in [0.25, 0.3) is 0 Å². The van der Waals surface area contributed by atoms with Crippen LogP contribution in [0.5, 0.6) is 5.75 Å². The Kier molecular flexibility index (Phi) is 6.73. The molecule has 1 fully saturated rings. The Balaban J connectivity index is 1.28. The lowest BCUT2D eigenvalue weighted by Gasteiger charge is -2.33. The molecule has 2 aromatic heterocycles. The van der Waals surface area contributed by atoms with Crippen molar-refractivity contribution in [3.63, 3.8) is 0 Å². The smallest absolute Gasteiger partial charge is 0.245 e. The van der Waals surface area contributed by atoms with Crippen molar-refractivity contribution in [2.75, 3.05) is 53.4 Å². The average Bonchev–Trinajstić information content (AvgIpc) is 3.25. The van der Waals surface area contributed by atoms with E-state index in [9.17, 15) is 16.8 Å². The van der Waals surface area contributed by atoms with Gasteiger partial charge in [-0.25, -0.2) is 26.1 Å². The van der Waals surface area contributed by atoms with Gasteiger partial charge in [0.15, 0.2) is 0 Å². The summed E-state index contributed by atoms with van der Waals surface area (Å²) >= 11 is 0. The minimum Gasteiger partial charge on any atom is -0.492 e. The maximum atomic E-state index is 13.1. The van der Waals surface area contributed by atoms with E-state index in [0.717, 1.165) is 4.31 Å². The maximum Gasteiger partial charge on any atom is 0.245 e. The number of aromatic nitrogens is 2. The molecule has 33 heavy (non-hydrogen) atoms. The monoisotopic (exact) mass is 493 g/mol. The number of hydrogen-bond acceptors (Lipinski definition) is 7. The SMILES string of the molecule is CN(C)S(=O)(=O)c1ccc(OCCN2CCN(S(=O)(=O)c3c[nH]c4ncccc34)CC2)cc1. The van der Waals surface area contributed by atoms with Crippen LogP contribution in [0, 0.1) is 0 Å². The molecule has 12 heteroatoms. The molecule has 0 bridgehead atoms. The van der Waals surface area contributed by atoms with Crippen molar-refractivity contribution >= 4 is 31.1 Å². The second-order valence-corrected chi connectivity index (χ2v) is 12.0. The molecule has 1 aromatic carbocycles. The predicted molar refractivity (Wildman–Crippen MR) is 124 cm³/mol. The number of benzene rings is 1. The summed E-state index contributed by atoms with van der Waals surface area (Å²) < 4.78 is 58.9. The van der Waals surface area contributed by atoms with Crippen molar-refractivity contribution in [3.8, 4) is 5.75 Å². The van der Waals surface area contributed by atoms with Gasteiger partial charge in [-0.1, -0.05) is 0 Å². The largest absolute Gasteiger partial charge is 0.492 e. The van der Waals surface area contributed by atoms with Crippen LogP contribution in [-0.2, 0) is 20.0 Å². The molecule has 0 saturated carbocycles. The summed E-state index contributed by atoms with van der Waals surface area (Å²) in [4.78, 5) is 9.70. The number of sulfonamides is 2. The molecule has 1 aliphatic heterocycles. The highest BCUT2D eigenvalue weighted by molar-refractivity contribution is 7.89. The van der Waals surface area contributed by atoms with Crippen LogP contribution in [0.15, 0.2) is 58.6 Å². The number of nitrogens with zero attached hydrogens (tertiary/aromatic N) is 4. The number of fused-ring (bicyclic) bond motifs is 1. The first kappa shape index (κ1) is 23.6. The lowest BCUT2D eigenvalue weighted by atomic mass is 10.3. The van der Waals surface area contributed by atoms with Crippen LogP contribution in [-0.4, -0.2) is 93.7 Å². The fourth-order valence-corrected chi connectivity index (χ4v) is 6.16. The highest BCUT2D eigenvalue weighted by atomic mass is 32.2. The lowest BCUT2D eigenvalue weighted by molar-refractivity contribution is 0.159. The Bertz CT molecular complexity index is 1310. The third-order valence-electron chi connectivity index (χ3n) is 5.64. The van der Waals surface area contributed by atoms with Gasteiger partial charge in [-0.2, -0.15) is 4.31 Å². The molecule has 1 aliphatic rings. The normalized spacial score (nSPS) is 16.5. The van der Waals surface area contributed by atoms with Gasteiger partial charge >= 0.3 is 0 Å². The fourth-order valence-electron chi connectivity index (χ4n) is 3.69. The number of aromatic amines is 1. The zero-order chi connectivity index (χ0) is 23.6. The number of ether oxygens (including phenoxy) is 1. The van der Waals surface area contributed by atoms with E-state index in [1.807, 2.05) is 0 Å². The van der Waals surface area contributed by atoms with Gasteiger partial charge in [-0.15, -0.1) is 0 Å². The van der Waals surface area contributed by atoms with Gasteiger partial charge < -0.3 is 9.72 Å². The number of rotatable bonds is 8. The molecule has 3 heterocycles. The van der Waals surface area contributed by atoms with E-state index in [1.54, 1.807) is 30.5 Å². The molecule has 0 amide bonds. The second kappa shape index (κ2) is 9.39. The van der Waals surface area contributed by atoms with Crippen LogP contribution in [0.3, 0.4) is 0 Å². The average molecular weight is 494 g/mol. The molecule has 178 valence electrons. The van der Waals surface area contributed by atoms with Crippen molar-refractivity contribution in [1.29, 1.82) is 0 Å². The van der Waals surface area contributed by atoms with Crippen molar-refractivity contribution in [3.05, 3.63) is 48.8 Å². The highest BCUT2D eigenvalue weighted by Crippen LogP contribution is 2.25. The molecule has 0 atom stereocenters. The highest BCUT2D eigenvalue weighted by Gasteiger charge is 2.30. The molecular formula is C21H27N5O5S2. The van der Waals surface area contributed by atoms with Crippen LogP contribution in [0.25, 0.3) is 11.0 Å². The molecule has 0 unspecified atom stereocenters. The molecule has 10 nitrogen and oxygen atoms in total. The Morgan fingerprint density at radius 2 is 1.73 bits per heavy atom. The van der Waals surface area contributed by atoms with Crippen LogP contribution < -0.4 is 4.74 Å². The first-order chi connectivity index (χ1) is 15.7. The first-order valence-corrected chi connectivity index (χ1v) is 13.4. The molecule has 0 aliphatic carbocycles. The van der Waals surface area contributed by atoms with Gasteiger partial charge in [0.2, 0.25) is 20.0 Å². The van der Waals surface area contributed by atoms with Gasteiger partial charge in [0.05, 0.1) is 4.90 Å². The van der Waals surface area contributed by atoms with Gasteiger partial charge in [0.1, 0.15) is 22.9 Å². The standard InChI is InChI=1S/C21H27N5O5S2/c1-24(2)32(27,28)18-7-5-17(6-8-18)31-15-14-25-10-12-26(13-11-25)33(29,30)20-16-23-21-19(20)4-3-9-22-21/h3-9,16H,10-15H2,1-2H3,(H,22,23). The van der Waals surface area contributed by atoms with Crippen LogP contribution >= 0.6 is 0 Å². The van der Waals surface area contributed by atoms with Crippen molar-refractivity contribution in [1.82, 2.24) is 23.5 Å². The molecule has 0 radical (unpaired) electrons. The maximum absolute atomic E-state index is 13.1. The minimum absolute atomic E-state index is 0.211. The third kappa shape index (κ3) is 4.89. The number of H-pyrrole nitrogens is 1. The van der Waals surface area contributed by atoms with E-state index in [-0.39, 0.29) is 9.79 Å². The Hall–Kier alpha value is -2.51. The number of nitrogens with one attached hydrogen (secondary N) is 1. The molecule has 1 saturated heterocycles. The second-order valence-electron chi connectivity index (χ2n) is 7.91. The van der Waals surface area contributed by atoms with E-state index in [4.69, 9.17) is 4.74 Å². The number of pyridine rings is 1. The van der Waals surface area contributed by atoms with E-state index in [0.29, 0.717) is 56.1 Å². The van der Waals surface area contributed by atoms with Crippen LogP contribution in [0.4, 0.5) is 0 Å². The topological polar surface area (TPSA) is 116 Å². The van der Waals surface area contributed by atoms with Crippen LogP contribution in [0.1, 0.15) is 0 Å². The van der Waals surface area contributed by atoms with Gasteiger partial charge in [-0.3, -0.25) is 4.90 Å². The quantitative estimate of drug-likeness (QED) is 0.501. The summed E-state index contributed by atoms with van der Waals surface area (Å²) in [5.41, 5.74) is 0.555. The fraction of sp³-hybridized carbons (Fsp3) is 0.381. The van der Waals surface area contributed by atoms with Crippen molar-refractivity contribution in [2.45, 2.75) is 9.79 Å². The Morgan fingerprint density at radius 3 is 2.39 bits per heavy atom. The van der Waals surface area contributed by atoms with Crippen LogP contribution in [0.2, 0.25) is 0 Å². The van der Waals surface area contributed by atoms with Gasteiger partial charge in [-0.05, 0) is 36.4 Å². The van der Waals surface area contributed by atoms with Crippen molar-refractivity contribution in [2.24, 2.45) is 0 Å². The van der Waals surface area contributed by atoms with Crippen molar-refractivity contribution < 1.29 is 21.6 Å². The zero-order valence-electron chi connectivity index (χ0n) is 18.5. The summed E-state index contributed by atoms with van der Waals surface area (Å²) in [5.74, 6) is 0.585. The predicted octanol–water partition coefficient (Wildman–Crippen LogP) is 1.20. The zero-order valence-corrected chi connectivity index (χ0v) is 20.1. The van der Waals surface area contributed by atoms with E-state index >= 15 is 0 Å². The summed E-state index contributed by atoms with van der Waals surface area (Å²) in [7, 11) is -4.09. The number of hydrogen-bond donors (Lipinski definition) is 1. The lowest BCUT2D eigenvalue weighted by Crippen LogP contribution is -2.49. The molecule has 3 aromatic rings. The number of piperazine rings is 1. The molecule has 0 spiro atoms. The Morgan fingerprint density at radius 1 is 1.03 bits per heavy atom. The summed E-state index contributed by atoms with van der Waals surface area (Å²) in [5, 5.41) is 0.595. The third-order valence-corrected chi connectivity index (χ3v) is 9.41.